The van der Waals surface area contributed by atoms with Gasteiger partial charge < -0.3 is 11.7 Å². The second-order valence-corrected chi connectivity index (χ2v) is 3.00. The van der Waals surface area contributed by atoms with Gasteiger partial charge in [0, 0.05) is 0 Å². The summed E-state index contributed by atoms with van der Waals surface area (Å²) in [6.07, 6.45) is 0.982. The van der Waals surface area contributed by atoms with E-state index in [1.54, 1.807) is 0 Å². The number of rotatable bonds is 1. The van der Waals surface area contributed by atoms with E-state index in [4.69, 9.17) is 0 Å². The molecular weight excluding hydrogens is 287 g/mol. The van der Waals surface area contributed by atoms with Crippen LogP contribution in [0.3, 0.4) is 0 Å². The van der Waals surface area contributed by atoms with Crippen LogP contribution in [0, 0.1) is 12.8 Å². The molecule has 72 valence electrons. The van der Waals surface area contributed by atoms with Gasteiger partial charge in [-0.05, 0) is 13.6 Å². The molecule has 0 unspecified atom stereocenters. The fourth-order valence-electron chi connectivity index (χ4n) is 1.52. The molecule has 0 bridgehead atoms. The van der Waals surface area contributed by atoms with Gasteiger partial charge in [0.25, 0.3) is 0 Å². The van der Waals surface area contributed by atoms with Gasteiger partial charge in [-0.2, -0.15) is 0 Å². The number of carbonyl (C=O) groups is 1. The molecule has 0 aromatic rings. The van der Waals surface area contributed by atoms with Gasteiger partial charge in [0.05, 0.1) is 13.2 Å². The van der Waals surface area contributed by atoms with Gasteiger partial charge in [0.1, 0.15) is 0 Å². The average molecular weight is 301 g/mol. The van der Waals surface area contributed by atoms with E-state index in [1.165, 1.54) is 23.5 Å². The van der Waals surface area contributed by atoms with Crippen LogP contribution in [-0.2, 0) is 25.9 Å². The summed E-state index contributed by atoms with van der Waals surface area (Å²) in [4.78, 5) is 13.1. The van der Waals surface area contributed by atoms with Crippen molar-refractivity contribution in [1.29, 1.82) is 0 Å². The van der Waals surface area contributed by atoms with Crippen LogP contribution in [0.15, 0.2) is 0 Å². The van der Waals surface area contributed by atoms with Crippen LogP contribution >= 0.6 is 13.6 Å². The summed E-state index contributed by atoms with van der Waals surface area (Å²) in [5.74, 6) is 0.0254. The number of likely N-dealkylation sites (N-methyl/N-ethyl adjacent to an activating group) is 1. The van der Waals surface area contributed by atoms with Gasteiger partial charge in [-0.25, -0.2) is 0 Å². The van der Waals surface area contributed by atoms with E-state index in [2.05, 4.69) is 25.3 Å². The van der Waals surface area contributed by atoms with Crippen molar-refractivity contribution in [2.45, 2.75) is 12.5 Å². The van der Waals surface area contributed by atoms with E-state index in [1.807, 2.05) is 11.9 Å². The van der Waals surface area contributed by atoms with Crippen LogP contribution in [0.25, 0.3) is 0 Å². The maximum atomic E-state index is 11.1. The van der Waals surface area contributed by atoms with Gasteiger partial charge in [0.2, 0.25) is 0 Å². The topological polar surface area (TPSA) is 29.5 Å². The first-order chi connectivity index (χ1) is 6.16. The Morgan fingerprint density at radius 2 is 2.23 bits per heavy atom. The number of halogens is 1. The summed E-state index contributed by atoms with van der Waals surface area (Å²) in [6.45, 7) is 4.83. The molecule has 5 heteroatoms. The Bertz CT molecular complexity index is 158. The van der Waals surface area contributed by atoms with Crippen LogP contribution in [0.2, 0.25) is 0 Å². The zero-order chi connectivity index (χ0) is 10.4. The molecule has 1 saturated heterocycles. The van der Waals surface area contributed by atoms with E-state index in [-0.39, 0.29) is 17.9 Å². The van der Waals surface area contributed by atoms with Crippen molar-refractivity contribution >= 4 is 19.6 Å². The minimum atomic E-state index is -0.162. The monoisotopic (exact) mass is 299 g/mol. The molecule has 1 aliphatic rings. The third kappa shape index (κ3) is 3.64. The summed E-state index contributed by atoms with van der Waals surface area (Å²) in [7, 11) is 3.34. The fourth-order valence-corrected chi connectivity index (χ4v) is 1.52. The Morgan fingerprint density at radius 1 is 1.69 bits per heavy atom. The van der Waals surface area contributed by atoms with Crippen molar-refractivity contribution in [2.75, 3.05) is 20.7 Å². The average Bonchev–Trinajstić information content (AvgIpc) is 2.49. The second-order valence-electron chi connectivity index (χ2n) is 3.00. The zero-order valence-corrected chi connectivity index (χ0v) is 12.7. The molecule has 0 saturated carbocycles. The standard InChI is InChI=1S/C8H14NO2.BrH.Zn/c1-6-4-5-9(2)7(6)8(10)11-3;;/h6-7H,1,4-5H2,2-3H3;1H;/q-1;;+2/p-1/t6-,7+;;/m1../s1. The molecule has 1 aliphatic heterocycles. The summed E-state index contributed by atoms with van der Waals surface area (Å²) in [5, 5.41) is 0. The molecular formula is C8H14BrNO2Zn. The number of esters is 1. The molecule has 2 atom stereocenters. The summed E-state index contributed by atoms with van der Waals surface area (Å²) in [5.41, 5.74) is 0. The van der Waals surface area contributed by atoms with E-state index >= 15 is 0 Å². The number of carbonyl (C=O) groups excluding carboxylic acids is 1. The van der Waals surface area contributed by atoms with E-state index in [9.17, 15) is 4.79 Å². The third-order valence-corrected chi connectivity index (χ3v) is 2.22. The van der Waals surface area contributed by atoms with Crippen molar-refractivity contribution in [2.24, 2.45) is 5.92 Å². The predicted molar refractivity (Wildman–Crippen MR) is 50.8 cm³/mol. The number of hydrogen-bond donors (Lipinski definition) is 0. The van der Waals surface area contributed by atoms with Crippen molar-refractivity contribution in [3.05, 3.63) is 6.92 Å². The van der Waals surface area contributed by atoms with E-state index in [0.717, 1.165) is 13.0 Å². The number of likely N-dealkylation sites (tertiary alicyclic amines) is 1. The zero-order valence-electron chi connectivity index (χ0n) is 8.12. The molecule has 0 aromatic carbocycles. The van der Waals surface area contributed by atoms with Gasteiger partial charge in [0.15, 0.2) is 0 Å². The Labute approximate surface area is 96.2 Å². The van der Waals surface area contributed by atoms with Gasteiger partial charge >= 0.3 is 35.9 Å². The van der Waals surface area contributed by atoms with Crippen LogP contribution in [0.1, 0.15) is 6.42 Å². The summed E-state index contributed by atoms with van der Waals surface area (Å²) in [6, 6.07) is -0.125. The van der Waals surface area contributed by atoms with Crippen LogP contribution in [0.5, 0.6) is 0 Å². The van der Waals surface area contributed by atoms with E-state index < -0.39 is 0 Å². The minimum absolute atomic E-state index is 0.125. The van der Waals surface area contributed by atoms with Crippen LogP contribution in [0.4, 0.5) is 0 Å². The van der Waals surface area contributed by atoms with Crippen molar-refractivity contribution in [3.63, 3.8) is 0 Å². The molecule has 0 N–H and O–H groups in total. The fraction of sp³-hybridized carbons (Fsp3) is 0.750. The van der Waals surface area contributed by atoms with Crippen molar-refractivity contribution in [1.82, 2.24) is 4.90 Å². The molecule has 3 nitrogen and oxygen atoms in total. The molecule has 0 aromatic heterocycles. The van der Waals surface area contributed by atoms with Crippen LogP contribution < -0.4 is 0 Å². The molecule has 1 rings (SSSR count). The second kappa shape index (κ2) is 6.91. The molecule has 0 aliphatic carbocycles. The van der Waals surface area contributed by atoms with E-state index in [0.29, 0.717) is 0 Å². The molecule has 0 spiro atoms. The normalized spacial score (nSPS) is 27.8. The maximum absolute atomic E-state index is 11.1. The quantitative estimate of drug-likeness (QED) is 0.413. The molecule has 0 radical (unpaired) electrons. The summed E-state index contributed by atoms with van der Waals surface area (Å²) >= 11 is 4.25. The Morgan fingerprint density at radius 3 is 2.54 bits per heavy atom. The first-order valence-corrected chi connectivity index (χ1v) is 11.0. The third-order valence-electron chi connectivity index (χ3n) is 2.22. The van der Waals surface area contributed by atoms with Gasteiger partial charge in [-0.3, -0.25) is 9.69 Å². The van der Waals surface area contributed by atoms with Crippen molar-refractivity contribution in [3.8, 4) is 0 Å². The molecule has 1 heterocycles. The SMILES string of the molecule is [CH2-][C@@H]1CCN(C)[C@@H]1C(=O)OC.[Zn+][Br]. The van der Waals surface area contributed by atoms with Gasteiger partial charge in [-0.1, -0.05) is 6.42 Å². The number of nitrogens with zero attached hydrogens (tertiary/aromatic N) is 1. The Balaban J connectivity index is 0.000000671. The van der Waals surface area contributed by atoms with Gasteiger partial charge in [-0.15, -0.1) is 5.92 Å². The van der Waals surface area contributed by atoms with Crippen LogP contribution in [-0.4, -0.2) is 37.6 Å². The molecule has 0 amide bonds. The number of methoxy groups -OCH3 is 1. The molecule has 13 heavy (non-hydrogen) atoms. The Hall–Kier alpha value is 0.533. The first-order valence-electron chi connectivity index (χ1n) is 4.04. The number of ether oxygens (including phenoxy) is 1. The Kier molecular flexibility index (Phi) is 7.19. The summed E-state index contributed by atoms with van der Waals surface area (Å²) < 4.78 is 4.65. The molecule has 1 fully saturated rings. The first kappa shape index (κ1) is 13.5. The number of hydrogen-bond acceptors (Lipinski definition) is 3. The van der Waals surface area contributed by atoms with Crippen molar-refractivity contribution < 1.29 is 25.9 Å². The predicted octanol–water partition coefficient (Wildman–Crippen LogP) is 1.16.